The zero-order chi connectivity index (χ0) is 23.4. The molecule has 2 aromatic carbocycles. The highest BCUT2D eigenvalue weighted by Crippen LogP contribution is 2.27. The molecule has 0 saturated carbocycles. The summed E-state index contributed by atoms with van der Waals surface area (Å²) in [7, 11) is 1.53. The highest BCUT2D eigenvalue weighted by atomic mass is 19.1. The number of aromatic nitrogens is 2. The minimum Gasteiger partial charge on any atom is -0.361 e. The Kier molecular flexibility index (Phi) is 6.35. The predicted molar refractivity (Wildman–Crippen MR) is 127 cm³/mol. The van der Waals surface area contributed by atoms with Crippen LogP contribution in [-0.2, 0) is 11.2 Å². The van der Waals surface area contributed by atoms with Crippen molar-refractivity contribution in [1.29, 1.82) is 0 Å². The molecule has 2 amide bonds. The van der Waals surface area contributed by atoms with Crippen LogP contribution in [0.25, 0.3) is 10.9 Å². The molecule has 0 bridgehead atoms. The molecule has 0 aliphatic carbocycles. The largest absolute Gasteiger partial charge is 0.361 e. The maximum atomic E-state index is 13.6. The van der Waals surface area contributed by atoms with Crippen molar-refractivity contribution in [3.63, 3.8) is 0 Å². The summed E-state index contributed by atoms with van der Waals surface area (Å²) in [6.07, 6.45) is 3.85. The molecule has 0 atom stereocenters. The maximum Gasteiger partial charge on any atom is 0.252 e. The number of rotatable bonds is 7. The molecule has 0 aliphatic heterocycles. The van der Waals surface area contributed by atoms with E-state index >= 15 is 0 Å². The molecule has 0 fully saturated rings. The molecule has 4 N–H and O–H groups in total. The van der Waals surface area contributed by atoms with Gasteiger partial charge in [0.2, 0.25) is 5.91 Å². The zero-order valence-electron chi connectivity index (χ0n) is 18.3. The first-order valence-electron chi connectivity index (χ1n) is 10.5. The number of fused-ring (bicyclic) bond motifs is 1. The number of pyridine rings is 1. The Morgan fingerprint density at radius 2 is 1.91 bits per heavy atom. The van der Waals surface area contributed by atoms with Gasteiger partial charge in [-0.2, -0.15) is 0 Å². The van der Waals surface area contributed by atoms with Crippen LogP contribution in [0.2, 0.25) is 0 Å². The summed E-state index contributed by atoms with van der Waals surface area (Å²) in [5.41, 5.74) is 4.26. The Morgan fingerprint density at radius 1 is 1.09 bits per heavy atom. The molecular weight excluding hydrogens is 421 g/mol. The SMILES string of the molecule is CNC(=O)c1cnc(Nc2ccccc2C)c(NC(=O)CCc2c[nH]c3ccc(F)cc23)c1. The molecule has 7 nitrogen and oxygen atoms in total. The summed E-state index contributed by atoms with van der Waals surface area (Å²) in [5, 5.41) is 9.41. The van der Waals surface area contributed by atoms with Crippen LogP contribution in [0.1, 0.15) is 27.9 Å². The van der Waals surface area contributed by atoms with Crippen molar-refractivity contribution in [2.24, 2.45) is 0 Å². The number of amides is 2. The van der Waals surface area contributed by atoms with Crippen LogP contribution in [0.4, 0.5) is 21.6 Å². The summed E-state index contributed by atoms with van der Waals surface area (Å²) in [6, 6.07) is 13.8. The van der Waals surface area contributed by atoms with Gasteiger partial charge in [-0.3, -0.25) is 9.59 Å². The van der Waals surface area contributed by atoms with E-state index in [0.717, 1.165) is 27.7 Å². The molecule has 0 saturated heterocycles. The molecule has 0 aliphatic rings. The number of hydrogen-bond acceptors (Lipinski definition) is 4. The number of para-hydroxylation sites is 1. The lowest BCUT2D eigenvalue weighted by atomic mass is 10.1. The van der Waals surface area contributed by atoms with Crippen molar-refractivity contribution >= 4 is 39.9 Å². The second-order valence-corrected chi connectivity index (χ2v) is 7.69. The monoisotopic (exact) mass is 445 g/mol. The molecule has 2 heterocycles. The first kappa shape index (κ1) is 22.0. The molecule has 2 aromatic heterocycles. The molecule has 0 unspecified atom stereocenters. The minimum atomic E-state index is -0.322. The van der Waals surface area contributed by atoms with Gasteiger partial charge < -0.3 is 20.9 Å². The van der Waals surface area contributed by atoms with Crippen molar-refractivity contribution in [2.75, 3.05) is 17.7 Å². The topological polar surface area (TPSA) is 98.9 Å². The molecule has 0 radical (unpaired) electrons. The second-order valence-electron chi connectivity index (χ2n) is 7.69. The number of halogens is 1. The van der Waals surface area contributed by atoms with Gasteiger partial charge in [-0.15, -0.1) is 0 Å². The van der Waals surface area contributed by atoms with Crippen molar-refractivity contribution in [1.82, 2.24) is 15.3 Å². The Hall–Kier alpha value is -4.20. The lowest BCUT2D eigenvalue weighted by Gasteiger charge is -2.15. The van der Waals surface area contributed by atoms with E-state index in [1.165, 1.54) is 25.4 Å². The average molecular weight is 445 g/mol. The van der Waals surface area contributed by atoms with E-state index in [1.54, 1.807) is 18.3 Å². The summed E-state index contributed by atoms with van der Waals surface area (Å²) in [6.45, 7) is 1.96. The first-order valence-corrected chi connectivity index (χ1v) is 10.5. The van der Waals surface area contributed by atoms with Crippen LogP contribution in [-0.4, -0.2) is 28.8 Å². The highest BCUT2D eigenvalue weighted by molar-refractivity contribution is 5.99. The fourth-order valence-corrected chi connectivity index (χ4v) is 3.59. The van der Waals surface area contributed by atoms with Gasteiger partial charge >= 0.3 is 0 Å². The molecule has 168 valence electrons. The van der Waals surface area contributed by atoms with Crippen molar-refractivity contribution in [3.8, 4) is 0 Å². The van der Waals surface area contributed by atoms with Gasteiger partial charge in [0.1, 0.15) is 5.82 Å². The standard InChI is InChI=1S/C25H24FN5O2/c1-15-5-3-4-6-20(15)31-24-22(11-17(14-29-24)25(33)27-2)30-23(32)10-7-16-13-28-21-9-8-18(26)12-19(16)21/h3-6,8-9,11-14,28H,7,10H2,1-2H3,(H,27,33)(H,29,31)(H,30,32). The first-order chi connectivity index (χ1) is 15.9. The van der Waals surface area contributed by atoms with E-state index < -0.39 is 0 Å². The van der Waals surface area contributed by atoms with Crippen molar-refractivity contribution in [2.45, 2.75) is 19.8 Å². The van der Waals surface area contributed by atoms with Crippen LogP contribution in [0.3, 0.4) is 0 Å². The van der Waals surface area contributed by atoms with E-state index in [9.17, 15) is 14.0 Å². The van der Waals surface area contributed by atoms with E-state index in [1.807, 2.05) is 31.2 Å². The van der Waals surface area contributed by atoms with E-state index in [2.05, 4.69) is 25.9 Å². The number of aryl methyl sites for hydroxylation is 2. The summed E-state index contributed by atoms with van der Waals surface area (Å²) in [5.74, 6) is -0.443. The van der Waals surface area contributed by atoms with Crippen LogP contribution in [0, 0.1) is 12.7 Å². The van der Waals surface area contributed by atoms with Gasteiger partial charge in [0.25, 0.3) is 5.91 Å². The molecule has 33 heavy (non-hydrogen) atoms. The Balaban J connectivity index is 1.54. The third-order valence-corrected chi connectivity index (χ3v) is 5.40. The van der Waals surface area contributed by atoms with Gasteiger partial charge in [-0.05, 0) is 54.8 Å². The van der Waals surface area contributed by atoms with Gasteiger partial charge in [0.15, 0.2) is 5.82 Å². The summed E-state index contributed by atoms with van der Waals surface area (Å²) in [4.78, 5) is 32.3. The molecule has 4 aromatic rings. The normalized spacial score (nSPS) is 10.8. The lowest BCUT2D eigenvalue weighted by molar-refractivity contribution is -0.116. The van der Waals surface area contributed by atoms with Gasteiger partial charge in [-0.25, -0.2) is 9.37 Å². The fraction of sp³-hybridized carbons (Fsp3) is 0.160. The molecule has 8 heteroatoms. The number of H-pyrrole nitrogens is 1. The van der Waals surface area contributed by atoms with E-state index in [0.29, 0.717) is 23.5 Å². The number of carbonyl (C=O) groups excluding carboxylic acids is 2. The molecule has 4 rings (SSSR count). The number of benzene rings is 2. The van der Waals surface area contributed by atoms with Crippen LogP contribution >= 0.6 is 0 Å². The van der Waals surface area contributed by atoms with Crippen molar-refractivity contribution < 1.29 is 14.0 Å². The average Bonchev–Trinajstić information content (AvgIpc) is 3.21. The van der Waals surface area contributed by atoms with Crippen molar-refractivity contribution in [3.05, 3.63) is 83.4 Å². The Labute approximate surface area is 190 Å². The number of nitrogens with zero attached hydrogens (tertiary/aromatic N) is 1. The smallest absolute Gasteiger partial charge is 0.252 e. The lowest BCUT2D eigenvalue weighted by Crippen LogP contribution is -2.20. The number of aromatic amines is 1. The van der Waals surface area contributed by atoms with E-state index in [4.69, 9.17) is 0 Å². The van der Waals surface area contributed by atoms with Gasteiger partial charge in [-0.1, -0.05) is 18.2 Å². The number of carbonyl (C=O) groups is 2. The van der Waals surface area contributed by atoms with Gasteiger partial charge in [0, 0.05) is 42.5 Å². The van der Waals surface area contributed by atoms with Crippen LogP contribution in [0.15, 0.2) is 60.9 Å². The number of nitrogens with one attached hydrogen (secondary N) is 4. The number of hydrogen-bond donors (Lipinski definition) is 4. The Morgan fingerprint density at radius 3 is 2.70 bits per heavy atom. The predicted octanol–water partition coefficient (Wildman–Crippen LogP) is 4.68. The third kappa shape index (κ3) is 5.01. The minimum absolute atomic E-state index is 0.178. The Bertz CT molecular complexity index is 1330. The quantitative estimate of drug-likeness (QED) is 0.332. The van der Waals surface area contributed by atoms with Crippen LogP contribution in [0.5, 0.6) is 0 Å². The highest BCUT2D eigenvalue weighted by Gasteiger charge is 2.14. The summed E-state index contributed by atoms with van der Waals surface area (Å²) < 4.78 is 13.6. The van der Waals surface area contributed by atoms with Gasteiger partial charge in [0.05, 0.1) is 11.3 Å². The van der Waals surface area contributed by atoms with Crippen LogP contribution < -0.4 is 16.0 Å². The summed E-state index contributed by atoms with van der Waals surface area (Å²) >= 11 is 0. The third-order valence-electron chi connectivity index (χ3n) is 5.40. The molecular formula is C25H24FN5O2. The zero-order valence-corrected chi connectivity index (χ0v) is 18.3. The fourth-order valence-electron chi connectivity index (χ4n) is 3.59. The molecule has 0 spiro atoms. The second kappa shape index (κ2) is 9.52. The number of anilines is 3. The maximum absolute atomic E-state index is 13.6. The van der Waals surface area contributed by atoms with E-state index in [-0.39, 0.29) is 24.1 Å².